The highest BCUT2D eigenvalue weighted by Crippen LogP contribution is 2.27. The molecule has 2 aliphatic heterocycles. The van der Waals surface area contributed by atoms with Crippen LogP contribution in [0.2, 0.25) is 0 Å². The number of fused-ring (bicyclic) bond motifs is 1. The van der Waals surface area contributed by atoms with Gasteiger partial charge in [0.25, 0.3) is 6.47 Å². The van der Waals surface area contributed by atoms with Crippen LogP contribution in [0, 0.1) is 0 Å². The number of carbonyl (C=O) groups is 2. The van der Waals surface area contributed by atoms with Crippen molar-refractivity contribution in [3.8, 4) is 0 Å². The van der Waals surface area contributed by atoms with Gasteiger partial charge in [-0.05, 0) is 60.3 Å². The van der Waals surface area contributed by atoms with E-state index in [1.165, 1.54) is 17.2 Å². The first-order chi connectivity index (χ1) is 15.8. The molecule has 0 radical (unpaired) electrons. The minimum atomic E-state index is -3.84. The Balaban J connectivity index is 0.000000968. The van der Waals surface area contributed by atoms with Gasteiger partial charge in [-0.25, -0.2) is 8.42 Å². The summed E-state index contributed by atoms with van der Waals surface area (Å²) in [4.78, 5) is 23.1. The van der Waals surface area contributed by atoms with Crippen LogP contribution >= 0.6 is 0 Å². The number of benzene rings is 2. The number of nitrogens with zero attached hydrogens (tertiary/aromatic N) is 1. The quantitative estimate of drug-likeness (QED) is 0.472. The van der Waals surface area contributed by atoms with Crippen molar-refractivity contribution in [2.75, 3.05) is 30.4 Å². The van der Waals surface area contributed by atoms with E-state index in [2.05, 4.69) is 28.0 Å². The number of hydrogen-bond donors (Lipinski definition) is 4. The van der Waals surface area contributed by atoms with Crippen LogP contribution in [0.15, 0.2) is 47.9 Å². The number of carboxylic acid groups (broad SMARTS) is 1. The second-order valence-corrected chi connectivity index (χ2v) is 9.35. The molecular weight excluding hydrogens is 444 g/mol. The molecule has 33 heavy (non-hydrogen) atoms. The number of nitrogens with one attached hydrogen (secondary N) is 3. The van der Waals surface area contributed by atoms with E-state index >= 15 is 0 Å². The highest BCUT2D eigenvalue weighted by molar-refractivity contribution is 7.89. The zero-order valence-electron chi connectivity index (χ0n) is 18.4. The molecule has 2 aromatic carbocycles. The Morgan fingerprint density at radius 2 is 1.97 bits per heavy atom. The Labute approximate surface area is 193 Å². The Morgan fingerprint density at radius 1 is 1.21 bits per heavy atom. The average molecular weight is 473 g/mol. The molecule has 4 N–H and O–H groups in total. The molecule has 1 saturated heterocycles. The molecule has 0 aromatic heterocycles. The van der Waals surface area contributed by atoms with Crippen molar-refractivity contribution in [3.63, 3.8) is 0 Å². The number of hydrogen-bond acceptors (Lipinski definition) is 6. The van der Waals surface area contributed by atoms with Crippen molar-refractivity contribution in [1.82, 2.24) is 10.0 Å². The van der Waals surface area contributed by atoms with Crippen molar-refractivity contribution < 1.29 is 23.1 Å². The molecule has 1 amide bonds. The van der Waals surface area contributed by atoms with Crippen molar-refractivity contribution in [2.24, 2.45) is 0 Å². The first kappa shape index (κ1) is 24.4. The SMILES string of the molecule is C=Cc1ccc(S(=O)(=O)N[C@H]2CCN(c3ccc4c(c3)CNCC4)C2=O)cc1NC.O=CO. The van der Waals surface area contributed by atoms with Gasteiger partial charge in [-0.3, -0.25) is 9.59 Å². The maximum Gasteiger partial charge on any atom is 0.290 e. The van der Waals surface area contributed by atoms with Gasteiger partial charge < -0.3 is 20.6 Å². The predicted molar refractivity (Wildman–Crippen MR) is 128 cm³/mol. The van der Waals surface area contributed by atoms with Gasteiger partial charge in [-0.15, -0.1) is 0 Å². The molecule has 1 fully saturated rings. The molecular formula is C23H28N4O5S. The third-order valence-electron chi connectivity index (χ3n) is 5.72. The number of rotatable bonds is 6. The summed E-state index contributed by atoms with van der Waals surface area (Å²) in [6, 6.07) is 10.0. The topological polar surface area (TPSA) is 128 Å². The highest BCUT2D eigenvalue weighted by Gasteiger charge is 2.36. The second kappa shape index (κ2) is 10.6. The second-order valence-electron chi connectivity index (χ2n) is 7.64. The Bertz CT molecular complexity index is 1150. The van der Waals surface area contributed by atoms with Crippen LogP contribution < -0.4 is 20.3 Å². The molecule has 10 heteroatoms. The van der Waals surface area contributed by atoms with Gasteiger partial charge in [0.05, 0.1) is 4.90 Å². The predicted octanol–water partition coefficient (Wildman–Crippen LogP) is 1.80. The fourth-order valence-corrected chi connectivity index (χ4v) is 5.28. The van der Waals surface area contributed by atoms with Crippen molar-refractivity contribution >= 4 is 39.9 Å². The maximum atomic E-state index is 13.0. The summed E-state index contributed by atoms with van der Waals surface area (Å²) in [6.07, 6.45) is 3.06. The smallest absolute Gasteiger partial charge is 0.290 e. The van der Waals surface area contributed by atoms with E-state index in [0.29, 0.717) is 18.7 Å². The van der Waals surface area contributed by atoms with Gasteiger partial charge in [0, 0.05) is 31.5 Å². The number of anilines is 2. The van der Waals surface area contributed by atoms with E-state index in [0.717, 1.165) is 30.8 Å². The van der Waals surface area contributed by atoms with E-state index in [1.807, 2.05) is 12.1 Å². The average Bonchev–Trinajstić information content (AvgIpc) is 3.18. The van der Waals surface area contributed by atoms with Crippen LogP contribution in [0.4, 0.5) is 11.4 Å². The Morgan fingerprint density at radius 3 is 2.67 bits per heavy atom. The number of carbonyl (C=O) groups excluding carboxylic acids is 1. The lowest BCUT2D eigenvalue weighted by molar-refractivity contribution is -0.123. The molecule has 2 heterocycles. The molecule has 0 aliphatic carbocycles. The van der Waals surface area contributed by atoms with Crippen LogP contribution in [-0.2, 0) is 32.6 Å². The van der Waals surface area contributed by atoms with E-state index in [4.69, 9.17) is 9.90 Å². The Hall–Kier alpha value is -3.21. The van der Waals surface area contributed by atoms with Crippen LogP contribution in [0.25, 0.3) is 6.08 Å². The van der Waals surface area contributed by atoms with Gasteiger partial charge in [0.2, 0.25) is 15.9 Å². The van der Waals surface area contributed by atoms with Crippen molar-refractivity contribution in [2.45, 2.75) is 30.3 Å². The van der Waals surface area contributed by atoms with Crippen LogP contribution in [0.5, 0.6) is 0 Å². The van der Waals surface area contributed by atoms with Gasteiger partial charge in [-0.2, -0.15) is 4.72 Å². The summed E-state index contributed by atoms with van der Waals surface area (Å²) in [7, 11) is -2.12. The lowest BCUT2D eigenvalue weighted by Gasteiger charge is -2.22. The molecule has 0 saturated carbocycles. The zero-order chi connectivity index (χ0) is 24.0. The summed E-state index contributed by atoms with van der Waals surface area (Å²) in [5.41, 5.74) is 4.77. The summed E-state index contributed by atoms with van der Waals surface area (Å²) in [6.45, 7) is 5.71. The molecule has 0 bridgehead atoms. The zero-order valence-corrected chi connectivity index (χ0v) is 19.2. The molecule has 176 valence electrons. The standard InChI is InChI=1S/C22H26N4O3S.CH2O2/c1-3-15-5-7-19(13-21(15)23-2)30(28,29)25-20-9-11-26(22(20)27)18-6-4-16-8-10-24-14-17(16)12-18;2-1-3/h3-7,12-13,20,23-25H,1,8-11,14H2,2H3;1H,(H,2,3)/t20-;/m0./s1. The third kappa shape index (κ3) is 5.41. The largest absolute Gasteiger partial charge is 0.483 e. The monoisotopic (exact) mass is 472 g/mol. The number of sulfonamides is 1. The first-order valence-corrected chi connectivity index (χ1v) is 12.0. The third-order valence-corrected chi connectivity index (χ3v) is 7.18. The molecule has 9 nitrogen and oxygen atoms in total. The van der Waals surface area contributed by atoms with E-state index < -0.39 is 16.1 Å². The lowest BCUT2D eigenvalue weighted by atomic mass is 10.0. The van der Waals surface area contributed by atoms with Crippen molar-refractivity contribution in [3.05, 3.63) is 59.7 Å². The minimum Gasteiger partial charge on any atom is -0.483 e. The first-order valence-electron chi connectivity index (χ1n) is 10.5. The summed E-state index contributed by atoms with van der Waals surface area (Å²) < 4.78 is 28.4. The lowest BCUT2D eigenvalue weighted by Crippen LogP contribution is -2.41. The molecule has 0 spiro atoms. The normalized spacial score (nSPS) is 17.5. The molecule has 1 atom stereocenters. The van der Waals surface area contributed by atoms with Crippen LogP contribution in [-0.4, -0.2) is 52.1 Å². The Kier molecular flexibility index (Phi) is 7.85. The number of amides is 1. The summed E-state index contributed by atoms with van der Waals surface area (Å²) in [5.74, 6) is -0.223. The van der Waals surface area contributed by atoms with Crippen molar-refractivity contribution in [1.29, 1.82) is 0 Å². The van der Waals surface area contributed by atoms with E-state index in [9.17, 15) is 13.2 Å². The molecule has 4 rings (SSSR count). The van der Waals surface area contributed by atoms with Gasteiger partial charge in [0.1, 0.15) is 6.04 Å². The fourth-order valence-electron chi connectivity index (χ4n) is 4.03. The molecule has 0 unspecified atom stereocenters. The molecule has 2 aliphatic rings. The summed E-state index contributed by atoms with van der Waals surface area (Å²) >= 11 is 0. The molecule has 2 aromatic rings. The fraction of sp³-hybridized carbons (Fsp3) is 0.304. The van der Waals surface area contributed by atoms with Crippen LogP contribution in [0.3, 0.4) is 0 Å². The van der Waals surface area contributed by atoms with Crippen LogP contribution in [0.1, 0.15) is 23.1 Å². The highest BCUT2D eigenvalue weighted by atomic mass is 32.2. The van der Waals surface area contributed by atoms with Gasteiger partial charge >= 0.3 is 0 Å². The van der Waals surface area contributed by atoms with E-state index in [-0.39, 0.29) is 17.3 Å². The van der Waals surface area contributed by atoms with Gasteiger partial charge in [-0.1, -0.05) is 24.8 Å². The minimum absolute atomic E-state index is 0.114. The maximum absolute atomic E-state index is 13.0. The van der Waals surface area contributed by atoms with E-state index in [1.54, 1.807) is 30.2 Å². The summed E-state index contributed by atoms with van der Waals surface area (Å²) in [5, 5.41) is 13.2. The van der Waals surface area contributed by atoms with Gasteiger partial charge in [0.15, 0.2) is 0 Å².